The fourth-order valence-corrected chi connectivity index (χ4v) is 68.9. The first-order valence-electron chi connectivity index (χ1n) is 26.3. The van der Waals surface area contributed by atoms with Crippen molar-refractivity contribution in [1.82, 2.24) is 0 Å². The summed E-state index contributed by atoms with van der Waals surface area (Å²) in [4.78, 5) is 0. The number of unbranched alkanes of at least 4 members (excludes halogenated alkanes) is 16. The zero-order valence-corrected chi connectivity index (χ0v) is 47.3. The van der Waals surface area contributed by atoms with E-state index in [1.54, 1.807) is 17.8 Å². The Morgan fingerprint density at radius 2 is 0.729 bits per heavy atom. The number of benzene rings is 1. The summed E-state index contributed by atoms with van der Waals surface area (Å²) >= 11 is -6.49. The summed E-state index contributed by atoms with van der Waals surface area (Å²) in [5, 5.41) is 1.14. The zero-order valence-electron chi connectivity index (χ0n) is 40.7. The van der Waals surface area contributed by atoms with Crippen LogP contribution in [0.2, 0.25) is 26.6 Å². The van der Waals surface area contributed by atoms with Crippen LogP contribution in [0.4, 0.5) is 0 Å². The molecule has 3 nitrogen and oxygen atoms in total. The average molecular weight is 1050 g/mol. The first kappa shape index (κ1) is 53.5. The van der Waals surface area contributed by atoms with Gasteiger partial charge in [0.05, 0.1) is 0 Å². The van der Waals surface area contributed by atoms with E-state index in [-0.39, 0.29) is 0 Å². The monoisotopic (exact) mass is 1050 g/mol. The number of hydrogen-bond acceptors (Lipinski definition) is 3. The standard InChI is InChI=1S/C29H43O3P.6C4H9.2Sn/c1-3-5-7-9-11-13-18-31-27-20-28(32-19-14-12-10-8-6-4-2)22-29(21-27)33(30)23-25-16-15-17-26(25)24-33;6*1-3-4-2;;/h20-22H,3-19H2,1-2H3;6*1,3-4H2,2H3;;. The Hall–Kier alpha value is 0.127. The van der Waals surface area contributed by atoms with Gasteiger partial charge < -0.3 is 0 Å². The first-order valence-corrected chi connectivity index (χ1v) is 43.0. The summed E-state index contributed by atoms with van der Waals surface area (Å²) < 4.78 is 43.5. The Kier molecular flexibility index (Phi) is 27.5. The van der Waals surface area contributed by atoms with Gasteiger partial charge >= 0.3 is 353 Å². The molecule has 1 aliphatic heterocycles. The summed E-state index contributed by atoms with van der Waals surface area (Å²) in [6.45, 7) is 20.5. The molecule has 0 bridgehead atoms. The second-order valence-corrected chi connectivity index (χ2v) is 50.3. The maximum absolute atomic E-state index is 18.1. The van der Waals surface area contributed by atoms with Crippen LogP contribution in [0, 0.1) is 0 Å². The molecule has 1 aromatic rings. The summed E-state index contributed by atoms with van der Waals surface area (Å²) in [7, 11) is -3.09. The molecule has 0 atom stereocenters. The predicted octanol–water partition coefficient (Wildman–Crippen LogP) is 18.6. The van der Waals surface area contributed by atoms with Crippen molar-refractivity contribution in [2.75, 3.05) is 13.2 Å². The summed E-state index contributed by atoms with van der Waals surface area (Å²) in [5.41, 5.74) is 3.42. The third kappa shape index (κ3) is 15.7. The topological polar surface area (TPSA) is 35.5 Å². The number of fused-ring (bicyclic) bond motifs is 1. The van der Waals surface area contributed by atoms with Crippen molar-refractivity contribution >= 4 is 49.2 Å². The van der Waals surface area contributed by atoms with Gasteiger partial charge in [-0.25, -0.2) is 0 Å². The first-order chi connectivity index (χ1) is 28.8. The van der Waals surface area contributed by atoms with E-state index in [2.05, 4.69) is 73.6 Å². The molecule has 1 saturated carbocycles. The van der Waals surface area contributed by atoms with Gasteiger partial charge in [-0.15, -0.1) is 0 Å². The van der Waals surface area contributed by atoms with Crippen molar-refractivity contribution < 1.29 is 14.0 Å². The molecule has 3 rings (SSSR count). The number of ether oxygens (including phenoxy) is 2. The number of allylic oxidation sites excluding steroid dienone is 2. The van der Waals surface area contributed by atoms with Gasteiger partial charge in [0.1, 0.15) is 0 Å². The van der Waals surface area contributed by atoms with E-state index in [1.165, 1.54) is 187 Å². The molecule has 1 fully saturated rings. The quantitative estimate of drug-likeness (QED) is 0.0378. The minimum atomic E-state index is -3.24. The molecule has 2 aliphatic rings. The number of rotatable bonds is 37. The van der Waals surface area contributed by atoms with Gasteiger partial charge in [-0.05, 0) is 0 Å². The van der Waals surface area contributed by atoms with Crippen LogP contribution in [0.25, 0.3) is 0 Å². The Bertz CT molecular complexity index is 1280. The summed E-state index contributed by atoms with van der Waals surface area (Å²) in [5.74, 6) is 1.84. The van der Waals surface area contributed by atoms with E-state index in [0.717, 1.165) is 42.9 Å². The van der Waals surface area contributed by atoms with Gasteiger partial charge in [0.2, 0.25) is 0 Å². The van der Waals surface area contributed by atoms with Crippen molar-refractivity contribution in [3.05, 3.63) is 36.0 Å². The zero-order chi connectivity index (χ0) is 42.8. The molecule has 0 amide bonds. The molecule has 1 aliphatic carbocycles. The predicted molar refractivity (Wildman–Crippen MR) is 269 cm³/mol. The third-order valence-electron chi connectivity index (χ3n) is 14.2. The third-order valence-corrected chi connectivity index (χ3v) is 58.7. The molecule has 59 heavy (non-hydrogen) atoms. The van der Waals surface area contributed by atoms with Crippen LogP contribution in [0.3, 0.4) is 0 Å². The molecule has 0 aromatic heterocycles. The van der Waals surface area contributed by atoms with Crippen molar-refractivity contribution in [3.8, 4) is 11.5 Å². The summed E-state index contributed by atoms with van der Waals surface area (Å²) in [6.07, 6.45) is 34.1. The van der Waals surface area contributed by atoms with Gasteiger partial charge in [0.15, 0.2) is 0 Å². The molecule has 340 valence electrons. The van der Waals surface area contributed by atoms with E-state index >= 15 is 4.57 Å². The van der Waals surface area contributed by atoms with Crippen molar-refractivity contribution in [2.24, 2.45) is 0 Å². The Labute approximate surface area is 376 Å². The van der Waals surface area contributed by atoms with Crippen molar-refractivity contribution in [2.45, 2.75) is 255 Å². The van der Waals surface area contributed by atoms with Gasteiger partial charge in [-0.2, -0.15) is 0 Å². The van der Waals surface area contributed by atoms with Gasteiger partial charge in [-0.3, -0.25) is 0 Å². The van der Waals surface area contributed by atoms with Crippen LogP contribution in [0.15, 0.2) is 36.0 Å². The molecular weight excluding hydrogens is 953 g/mol. The minimum absolute atomic E-state index is 0.734. The normalized spacial score (nSPS) is 15.5. The maximum atomic E-state index is 18.1. The van der Waals surface area contributed by atoms with Crippen molar-refractivity contribution in [3.63, 3.8) is 0 Å². The van der Waals surface area contributed by atoms with Crippen LogP contribution < -0.4 is 14.8 Å². The number of hydrogen-bond donors (Lipinski definition) is 0. The van der Waals surface area contributed by atoms with Gasteiger partial charge in [-0.1, -0.05) is 26.7 Å². The molecule has 0 spiro atoms. The molecule has 0 N–H and O–H groups in total. The molecule has 6 heteroatoms. The summed E-state index contributed by atoms with van der Waals surface area (Å²) in [6, 6.07) is 6.89. The van der Waals surface area contributed by atoms with E-state index in [9.17, 15) is 0 Å². The Balaban J connectivity index is 2.36. The fourth-order valence-electron chi connectivity index (χ4n) is 10.9. The van der Waals surface area contributed by atoms with E-state index in [0.29, 0.717) is 0 Å². The van der Waals surface area contributed by atoms with E-state index in [4.69, 9.17) is 9.47 Å². The van der Waals surface area contributed by atoms with Crippen LogP contribution in [0.1, 0.15) is 229 Å². The van der Waals surface area contributed by atoms with Crippen LogP contribution in [0.5, 0.6) is 11.5 Å². The molecule has 1 aromatic carbocycles. The molecule has 0 radical (unpaired) electrons. The van der Waals surface area contributed by atoms with Crippen molar-refractivity contribution in [1.29, 1.82) is 0 Å². The molecule has 0 saturated heterocycles. The molecule has 0 unspecified atom stereocenters. The van der Waals surface area contributed by atoms with E-state index < -0.39 is 43.9 Å². The molecule has 1 heterocycles. The average Bonchev–Trinajstić information content (AvgIpc) is 3.81. The van der Waals surface area contributed by atoms with E-state index in [1.807, 2.05) is 0 Å². The SMILES string of the molecule is CCCCCCCCOc1cc(OCCCCCCCC)cc(P2(=O)[C]([Sn]([CH2]CCC)([CH2]CCC)[CH2]CCC)=C3CCCC3=[C]2[Sn]([CH2]CCC)([CH2]CCC)[CH2]CCC)c1. The fraction of sp³-hybridized carbons (Fsp3) is 0.811. The van der Waals surface area contributed by atoms with Crippen LogP contribution in [-0.4, -0.2) is 50.0 Å². The van der Waals surface area contributed by atoms with Crippen LogP contribution >= 0.6 is 7.14 Å². The van der Waals surface area contributed by atoms with Gasteiger partial charge in [0, 0.05) is 0 Å². The Morgan fingerprint density at radius 3 is 1.05 bits per heavy atom. The van der Waals surface area contributed by atoms with Gasteiger partial charge in [0.25, 0.3) is 0 Å². The van der Waals surface area contributed by atoms with Crippen LogP contribution in [-0.2, 0) is 4.57 Å². The Morgan fingerprint density at radius 1 is 0.424 bits per heavy atom. The second kappa shape index (κ2) is 30.3. The molecular formula is C53H97O3PSn2. The second-order valence-electron chi connectivity index (χ2n) is 19.2.